The summed E-state index contributed by atoms with van der Waals surface area (Å²) in [6, 6.07) is 7.07. The van der Waals surface area contributed by atoms with Crippen molar-refractivity contribution in [3.8, 4) is 0 Å². The zero-order valence-electron chi connectivity index (χ0n) is 9.38. The molecule has 1 unspecified atom stereocenters. The van der Waals surface area contributed by atoms with Crippen molar-refractivity contribution in [3.63, 3.8) is 0 Å². The van der Waals surface area contributed by atoms with Gasteiger partial charge in [0.2, 0.25) is 0 Å². The van der Waals surface area contributed by atoms with Crippen LogP contribution in [0.4, 0.5) is 5.69 Å². The maximum atomic E-state index is 12.3. The van der Waals surface area contributed by atoms with Gasteiger partial charge >= 0.3 is 5.97 Å². The Bertz CT molecular complexity index is 576. The van der Waals surface area contributed by atoms with Gasteiger partial charge in [0.05, 0.1) is 5.69 Å². The van der Waals surface area contributed by atoms with Crippen LogP contribution in [0.3, 0.4) is 0 Å². The van der Waals surface area contributed by atoms with Gasteiger partial charge in [0.25, 0.3) is 11.6 Å². The van der Waals surface area contributed by atoms with Gasteiger partial charge in [-0.3, -0.25) is 9.59 Å². The van der Waals surface area contributed by atoms with E-state index in [1.165, 1.54) is 0 Å². The first-order valence-electron chi connectivity index (χ1n) is 5.72. The van der Waals surface area contributed by atoms with Crippen molar-refractivity contribution in [2.45, 2.75) is 11.8 Å². The summed E-state index contributed by atoms with van der Waals surface area (Å²) in [5, 5.41) is 2.80. The largest absolute Gasteiger partial charge is 0.428 e. The number of ether oxygens (including phenoxy) is 1. The zero-order valence-corrected chi connectivity index (χ0v) is 10.2. The lowest BCUT2D eigenvalue weighted by atomic mass is 10.0. The number of esters is 1. The Morgan fingerprint density at radius 3 is 3.11 bits per heavy atom. The third kappa shape index (κ3) is 1.03. The normalized spacial score (nSPS) is 33.4. The van der Waals surface area contributed by atoms with Gasteiger partial charge < -0.3 is 10.1 Å². The molecule has 0 bridgehead atoms. The van der Waals surface area contributed by atoms with Crippen LogP contribution in [0.15, 0.2) is 24.3 Å². The van der Waals surface area contributed by atoms with Crippen molar-refractivity contribution in [1.29, 1.82) is 0 Å². The van der Waals surface area contributed by atoms with Crippen molar-refractivity contribution in [2.75, 3.05) is 16.9 Å². The molecule has 2 fully saturated rings. The number of carbonyl (C=O) groups is 2. The Kier molecular flexibility index (Phi) is 1.89. The van der Waals surface area contributed by atoms with Gasteiger partial charge in [-0.1, -0.05) is 18.2 Å². The van der Waals surface area contributed by atoms with Crippen LogP contribution in [0, 0.1) is 0 Å². The maximum Gasteiger partial charge on any atom is 0.326 e. The molecule has 1 spiro atoms. The molecular formula is C12H10N2O3S. The van der Waals surface area contributed by atoms with E-state index in [9.17, 15) is 9.59 Å². The first-order chi connectivity index (χ1) is 8.73. The molecule has 0 aromatic heterocycles. The van der Waals surface area contributed by atoms with E-state index in [-0.39, 0.29) is 17.9 Å². The lowest BCUT2D eigenvalue weighted by molar-refractivity contribution is -0.164. The Labute approximate surface area is 107 Å². The number of para-hydroxylation sites is 1. The number of nitrogens with zero attached hydrogens (tertiary/aromatic N) is 1. The Morgan fingerprint density at radius 2 is 2.22 bits per heavy atom. The van der Waals surface area contributed by atoms with E-state index in [4.69, 9.17) is 4.74 Å². The third-order valence-corrected chi connectivity index (χ3v) is 4.67. The highest BCUT2D eigenvalue weighted by Gasteiger charge is 2.64. The number of carbonyl (C=O) groups excluding carboxylic acids is 2. The molecular weight excluding hydrogens is 252 g/mol. The van der Waals surface area contributed by atoms with Crippen molar-refractivity contribution >= 4 is 29.3 Å². The van der Waals surface area contributed by atoms with Crippen molar-refractivity contribution in [1.82, 2.24) is 4.90 Å². The third-order valence-electron chi connectivity index (χ3n) is 3.66. The SMILES string of the molecule is O=C1OC2(C(=O)Nc3ccccc32)N2CSC[C@@H]12. The van der Waals surface area contributed by atoms with Crippen LogP contribution in [-0.2, 0) is 20.1 Å². The first-order valence-corrected chi connectivity index (χ1v) is 6.87. The molecule has 6 heteroatoms. The average molecular weight is 262 g/mol. The first kappa shape index (κ1) is 10.4. The number of benzene rings is 1. The molecule has 3 aliphatic heterocycles. The molecule has 1 aromatic carbocycles. The number of fused-ring (bicyclic) bond motifs is 4. The maximum absolute atomic E-state index is 12.3. The Hall–Kier alpha value is -1.53. The molecule has 1 amide bonds. The van der Waals surface area contributed by atoms with E-state index >= 15 is 0 Å². The van der Waals surface area contributed by atoms with Gasteiger partial charge in [-0.05, 0) is 6.07 Å². The molecule has 1 aromatic rings. The molecule has 3 aliphatic rings. The molecule has 1 N–H and O–H groups in total. The number of hydrogen-bond donors (Lipinski definition) is 1. The standard InChI is InChI=1S/C12H10N2O3S/c15-10-9-5-18-6-14(9)12(17-10)7-3-1-2-4-8(7)13-11(12)16/h1-4,9H,5-6H2,(H,13,16)/t9-,12?/m0/s1. The van der Waals surface area contributed by atoms with E-state index in [1.54, 1.807) is 11.8 Å². The summed E-state index contributed by atoms with van der Waals surface area (Å²) in [4.78, 5) is 26.1. The average Bonchev–Trinajstić information content (AvgIpc) is 3.00. The van der Waals surface area contributed by atoms with Gasteiger partial charge in [-0.2, -0.15) is 0 Å². The monoisotopic (exact) mass is 262 g/mol. The minimum atomic E-state index is -1.23. The number of anilines is 1. The summed E-state index contributed by atoms with van der Waals surface area (Å²) in [6.07, 6.45) is 0. The summed E-state index contributed by atoms with van der Waals surface area (Å²) in [7, 11) is 0. The van der Waals surface area contributed by atoms with Crippen molar-refractivity contribution < 1.29 is 14.3 Å². The van der Waals surface area contributed by atoms with Crippen LogP contribution < -0.4 is 5.32 Å². The molecule has 0 saturated carbocycles. The zero-order chi connectivity index (χ0) is 12.3. The number of hydrogen-bond acceptors (Lipinski definition) is 5. The topological polar surface area (TPSA) is 58.6 Å². The minimum Gasteiger partial charge on any atom is -0.428 e. The van der Waals surface area contributed by atoms with Gasteiger partial charge in [-0.25, -0.2) is 4.90 Å². The molecule has 0 radical (unpaired) electrons. The molecule has 0 aliphatic carbocycles. The lowest BCUT2D eigenvalue weighted by Crippen LogP contribution is -2.48. The van der Waals surface area contributed by atoms with Gasteiger partial charge in [0.1, 0.15) is 6.04 Å². The fourth-order valence-electron chi connectivity index (χ4n) is 2.82. The van der Waals surface area contributed by atoms with Crippen LogP contribution >= 0.6 is 11.8 Å². The summed E-state index contributed by atoms with van der Waals surface area (Å²) < 4.78 is 5.48. The Balaban J connectivity index is 1.93. The molecule has 5 nitrogen and oxygen atoms in total. The highest BCUT2D eigenvalue weighted by molar-refractivity contribution is 7.99. The van der Waals surface area contributed by atoms with Gasteiger partial charge in [0, 0.05) is 17.2 Å². The number of rotatable bonds is 0. The predicted molar refractivity (Wildman–Crippen MR) is 65.8 cm³/mol. The van der Waals surface area contributed by atoms with E-state index < -0.39 is 5.72 Å². The summed E-state index contributed by atoms with van der Waals surface area (Å²) in [6.45, 7) is 0. The van der Waals surface area contributed by atoms with Crippen LogP contribution in [0.2, 0.25) is 0 Å². The second-order valence-corrected chi connectivity index (χ2v) is 5.55. The number of nitrogens with one attached hydrogen (secondary N) is 1. The summed E-state index contributed by atoms with van der Waals surface area (Å²) >= 11 is 1.65. The quantitative estimate of drug-likeness (QED) is 0.698. The number of thioether (sulfide) groups is 1. The molecule has 2 saturated heterocycles. The highest BCUT2D eigenvalue weighted by atomic mass is 32.2. The van der Waals surface area contributed by atoms with Crippen LogP contribution in [0.1, 0.15) is 5.56 Å². The van der Waals surface area contributed by atoms with Crippen molar-refractivity contribution in [3.05, 3.63) is 29.8 Å². The second-order valence-electron chi connectivity index (χ2n) is 4.55. The van der Waals surface area contributed by atoms with E-state index in [1.807, 2.05) is 29.2 Å². The van der Waals surface area contributed by atoms with E-state index in [0.717, 1.165) is 11.3 Å². The summed E-state index contributed by atoms with van der Waals surface area (Å²) in [5.74, 6) is 0.766. The molecule has 2 atom stereocenters. The van der Waals surface area contributed by atoms with Crippen LogP contribution in [0.25, 0.3) is 0 Å². The minimum absolute atomic E-state index is 0.262. The summed E-state index contributed by atoms with van der Waals surface area (Å²) in [5.41, 5.74) is 0.239. The molecule has 18 heavy (non-hydrogen) atoms. The predicted octanol–water partition coefficient (Wildman–Crippen LogP) is 0.723. The number of amides is 1. The van der Waals surface area contributed by atoms with E-state index in [0.29, 0.717) is 11.6 Å². The smallest absolute Gasteiger partial charge is 0.326 e. The van der Waals surface area contributed by atoms with Gasteiger partial charge in [-0.15, -0.1) is 11.8 Å². The van der Waals surface area contributed by atoms with Crippen LogP contribution in [-0.4, -0.2) is 34.4 Å². The molecule has 92 valence electrons. The van der Waals surface area contributed by atoms with E-state index in [2.05, 4.69) is 5.32 Å². The second kappa shape index (κ2) is 3.27. The van der Waals surface area contributed by atoms with Crippen molar-refractivity contribution in [2.24, 2.45) is 0 Å². The molecule has 4 rings (SSSR count). The highest BCUT2D eigenvalue weighted by Crippen LogP contribution is 2.49. The molecule has 3 heterocycles. The fourth-order valence-corrected chi connectivity index (χ4v) is 4.03. The lowest BCUT2D eigenvalue weighted by Gasteiger charge is -2.28. The fraction of sp³-hybridized carbons (Fsp3) is 0.333. The van der Waals surface area contributed by atoms with Crippen LogP contribution in [0.5, 0.6) is 0 Å². The van der Waals surface area contributed by atoms with Gasteiger partial charge in [0.15, 0.2) is 0 Å². The Morgan fingerprint density at radius 1 is 1.39 bits per heavy atom.